The minimum Gasteiger partial charge on any atom is -0.459 e. The molecule has 0 saturated carbocycles. The number of nitrogens with one attached hydrogen (secondary N) is 2. The van der Waals surface area contributed by atoms with E-state index in [2.05, 4.69) is 54.5 Å². The number of guanidine groups is 1. The summed E-state index contributed by atoms with van der Waals surface area (Å²) in [4.78, 5) is 4.35. The second-order valence-electron chi connectivity index (χ2n) is 7.09. The molecule has 2 aromatic heterocycles. The molecular weight excluding hydrogens is 338 g/mol. The van der Waals surface area contributed by atoms with Gasteiger partial charge in [-0.1, -0.05) is 18.2 Å². The van der Waals surface area contributed by atoms with Gasteiger partial charge in [-0.3, -0.25) is 9.67 Å². The summed E-state index contributed by atoms with van der Waals surface area (Å²) in [5, 5.41) is 12.5. The average Bonchev–Trinajstić information content (AvgIpc) is 3.09. The second kappa shape index (κ2) is 7.86. The molecule has 3 aromatic rings. The van der Waals surface area contributed by atoms with Gasteiger partial charge in [0.25, 0.3) is 0 Å². The summed E-state index contributed by atoms with van der Waals surface area (Å²) in [7, 11) is 3.77. The van der Waals surface area contributed by atoms with E-state index in [4.69, 9.17) is 4.42 Å². The molecule has 0 bridgehead atoms. The zero-order chi connectivity index (χ0) is 19.6. The first-order chi connectivity index (χ1) is 12.9. The Morgan fingerprint density at radius 2 is 2.00 bits per heavy atom. The Hall–Kier alpha value is -2.76. The molecule has 2 N–H and O–H groups in total. The van der Waals surface area contributed by atoms with Gasteiger partial charge in [0.15, 0.2) is 5.96 Å². The van der Waals surface area contributed by atoms with Gasteiger partial charge in [-0.2, -0.15) is 5.10 Å². The Balaban J connectivity index is 1.62. The fourth-order valence-electron chi connectivity index (χ4n) is 3.46. The van der Waals surface area contributed by atoms with E-state index in [-0.39, 0.29) is 6.04 Å². The molecular formula is C21H29N5O. The number of aromatic nitrogens is 2. The van der Waals surface area contributed by atoms with Gasteiger partial charge in [0.2, 0.25) is 0 Å². The number of rotatable bonds is 5. The highest BCUT2D eigenvalue weighted by atomic mass is 16.3. The van der Waals surface area contributed by atoms with Crippen molar-refractivity contribution in [2.24, 2.45) is 12.0 Å². The molecule has 0 spiro atoms. The first-order valence-corrected chi connectivity index (χ1v) is 9.34. The molecule has 0 radical (unpaired) electrons. The van der Waals surface area contributed by atoms with Crippen LogP contribution in [0.25, 0.3) is 11.0 Å². The first-order valence-electron chi connectivity index (χ1n) is 9.34. The molecule has 6 heteroatoms. The van der Waals surface area contributed by atoms with E-state index in [9.17, 15) is 0 Å². The molecule has 27 heavy (non-hydrogen) atoms. The molecule has 0 amide bonds. The lowest BCUT2D eigenvalue weighted by Crippen LogP contribution is -2.42. The molecule has 144 valence electrons. The number of hydrogen-bond donors (Lipinski definition) is 2. The van der Waals surface area contributed by atoms with Crippen molar-refractivity contribution in [3.8, 4) is 0 Å². The van der Waals surface area contributed by atoms with Crippen LogP contribution in [0.4, 0.5) is 0 Å². The maximum absolute atomic E-state index is 5.97. The van der Waals surface area contributed by atoms with Crippen LogP contribution in [0.15, 0.2) is 33.7 Å². The van der Waals surface area contributed by atoms with Gasteiger partial charge in [-0.15, -0.1) is 0 Å². The SMILES string of the molecule is CN=C(NCc1oc2ccccc2c1C)NC(C)Cc1c(C)nn(C)c1C. The standard InChI is InChI=1S/C21H29N5O/c1-13(11-18-15(3)25-26(6)16(18)4)24-21(22-5)23-12-20-14(2)17-9-7-8-10-19(17)27-20/h7-10,13H,11-12H2,1-6H3,(H2,22,23,24). The number of para-hydroxylation sites is 1. The van der Waals surface area contributed by atoms with Gasteiger partial charge in [0.1, 0.15) is 11.3 Å². The minimum atomic E-state index is 0.231. The van der Waals surface area contributed by atoms with Gasteiger partial charge in [0.05, 0.1) is 12.2 Å². The van der Waals surface area contributed by atoms with Crippen LogP contribution in [0.1, 0.15) is 35.2 Å². The summed E-state index contributed by atoms with van der Waals surface area (Å²) >= 11 is 0. The van der Waals surface area contributed by atoms with Crippen molar-refractivity contribution in [2.75, 3.05) is 7.05 Å². The molecule has 2 heterocycles. The summed E-state index contributed by atoms with van der Waals surface area (Å²) in [6.07, 6.45) is 0.899. The summed E-state index contributed by atoms with van der Waals surface area (Å²) in [5.74, 6) is 1.70. The third-order valence-electron chi connectivity index (χ3n) is 5.13. The molecule has 1 aromatic carbocycles. The predicted octanol–water partition coefficient (Wildman–Crippen LogP) is 3.39. The highest BCUT2D eigenvalue weighted by molar-refractivity contribution is 5.83. The van der Waals surface area contributed by atoms with Crippen LogP contribution in [0.3, 0.4) is 0 Å². The topological polar surface area (TPSA) is 67.4 Å². The van der Waals surface area contributed by atoms with Crippen molar-refractivity contribution in [3.05, 3.63) is 52.5 Å². The van der Waals surface area contributed by atoms with Crippen molar-refractivity contribution in [3.63, 3.8) is 0 Å². The number of aliphatic imine (C=N–C) groups is 1. The fourth-order valence-corrected chi connectivity index (χ4v) is 3.46. The summed E-state index contributed by atoms with van der Waals surface area (Å²) in [5.41, 5.74) is 5.68. The number of benzene rings is 1. The van der Waals surface area contributed by atoms with E-state index in [0.29, 0.717) is 6.54 Å². The minimum absolute atomic E-state index is 0.231. The molecule has 0 saturated heterocycles. The van der Waals surface area contributed by atoms with E-state index in [0.717, 1.165) is 34.8 Å². The summed E-state index contributed by atoms with van der Waals surface area (Å²) in [6, 6.07) is 8.35. The Morgan fingerprint density at radius 1 is 1.26 bits per heavy atom. The zero-order valence-electron chi connectivity index (χ0n) is 17.1. The summed E-state index contributed by atoms with van der Waals surface area (Å²) < 4.78 is 7.91. The smallest absolute Gasteiger partial charge is 0.191 e. The monoisotopic (exact) mass is 367 g/mol. The van der Waals surface area contributed by atoms with Crippen LogP contribution >= 0.6 is 0 Å². The van der Waals surface area contributed by atoms with Crippen molar-refractivity contribution < 1.29 is 4.42 Å². The van der Waals surface area contributed by atoms with Gasteiger partial charge in [-0.25, -0.2) is 0 Å². The number of nitrogens with zero attached hydrogens (tertiary/aromatic N) is 3. The van der Waals surface area contributed by atoms with Gasteiger partial charge in [0, 0.05) is 36.8 Å². The molecule has 1 unspecified atom stereocenters. The first kappa shape index (κ1) is 19.0. The van der Waals surface area contributed by atoms with Crippen LogP contribution < -0.4 is 10.6 Å². The number of hydrogen-bond acceptors (Lipinski definition) is 3. The third-order valence-corrected chi connectivity index (χ3v) is 5.13. The number of fused-ring (bicyclic) bond motifs is 1. The third kappa shape index (κ3) is 3.99. The highest BCUT2D eigenvalue weighted by Crippen LogP contribution is 2.24. The van der Waals surface area contributed by atoms with Crippen molar-refractivity contribution in [1.82, 2.24) is 20.4 Å². The highest BCUT2D eigenvalue weighted by Gasteiger charge is 2.15. The Kier molecular flexibility index (Phi) is 5.54. The van der Waals surface area contributed by atoms with Crippen LogP contribution in [-0.4, -0.2) is 28.8 Å². The lowest BCUT2D eigenvalue weighted by molar-refractivity contribution is 0.531. The molecule has 3 rings (SSSR count). The van der Waals surface area contributed by atoms with Crippen molar-refractivity contribution >= 4 is 16.9 Å². The summed E-state index contributed by atoms with van der Waals surface area (Å²) in [6.45, 7) is 9.02. The molecule has 0 aliphatic carbocycles. The molecule has 1 atom stereocenters. The van der Waals surface area contributed by atoms with Crippen LogP contribution in [0, 0.1) is 20.8 Å². The van der Waals surface area contributed by atoms with E-state index in [1.54, 1.807) is 7.05 Å². The van der Waals surface area contributed by atoms with E-state index in [1.165, 1.54) is 16.8 Å². The van der Waals surface area contributed by atoms with Crippen LogP contribution in [0.2, 0.25) is 0 Å². The number of furan rings is 1. The Morgan fingerprint density at radius 3 is 2.63 bits per heavy atom. The van der Waals surface area contributed by atoms with E-state index in [1.807, 2.05) is 29.9 Å². The van der Waals surface area contributed by atoms with E-state index >= 15 is 0 Å². The second-order valence-corrected chi connectivity index (χ2v) is 7.09. The lowest BCUT2D eigenvalue weighted by Gasteiger charge is -2.18. The predicted molar refractivity (Wildman–Crippen MR) is 110 cm³/mol. The van der Waals surface area contributed by atoms with Crippen molar-refractivity contribution in [2.45, 2.75) is 46.7 Å². The largest absolute Gasteiger partial charge is 0.459 e. The van der Waals surface area contributed by atoms with Crippen molar-refractivity contribution in [1.29, 1.82) is 0 Å². The van der Waals surface area contributed by atoms with Gasteiger partial charge < -0.3 is 15.1 Å². The molecule has 6 nitrogen and oxygen atoms in total. The fraction of sp³-hybridized carbons (Fsp3) is 0.429. The quantitative estimate of drug-likeness (QED) is 0.536. The Bertz CT molecular complexity index is 967. The zero-order valence-corrected chi connectivity index (χ0v) is 17.1. The maximum Gasteiger partial charge on any atom is 0.191 e. The Labute approximate surface area is 160 Å². The molecule has 0 fully saturated rings. The van der Waals surface area contributed by atoms with Crippen LogP contribution in [0.5, 0.6) is 0 Å². The van der Waals surface area contributed by atoms with Gasteiger partial charge >= 0.3 is 0 Å². The lowest BCUT2D eigenvalue weighted by atomic mass is 10.1. The van der Waals surface area contributed by atoms with E-state index < -0.39 is 0 Å². The maximum atomic E-state index is 5.97. The average molecular weight is 367 g/mol. The van der Waals surface area contributed by atoms with Gasteiger partial charge in [-0.05, 0) is 45.7 Å². The van der Waals surface area contributed by atoms with Crippen LogP contribution in [-0.2, 0) is 20.0 Å². The number of aryl methyl sites for hydroxylation is 3. The molecule has 0 aliphatic rings. The normalized spacial score (nSPS) is 13.2. The molecule has 0 aliphatic heterocycles.